The van der Waals surface area contributed by atoms with E-state index in [1.807, 2.05) is 24.3 Å². The van der Waals surface area contributed by atoms with Crippen molar-refractivity contribution in [1.29, 1.82) is 0 Å². The minimum absolute atomic E-state index is 0.263. The minimum atomic E-state index is -0.263. The minimum Gasteiger partial charge on any atom is -0.497 e. The lowest BCUT2D eigenvalue weighted by atomic mass is 10.3. The van der Waals surface area contributed by atoms with E-state index in [2.05, 4.69) is 0 Å². The number of methoxy groups -OCH3 is 1. The van der Waals surface area contributed by atoms with Crippen LogP contribution >= 0.6 is 23.4 Å². The molecule has 0 aliphatic rings. The molecule has 0 fully saturated rings. The second kappa shape index (κ2) is 6.75. The van der Waals surface area contributed by atoms with Gasteiger partial charge in [-0.25, -0.2) is 0 Å². The first-order valence-electron chi connectivity index (χ1n) is 4.67. The lowest BCUT2D eigenvalue weighted by molar-refractivity contribution is -0.111. The highest BCUT2D eigenvalue weighted by Gasteiger charge is 1.99. The van der Waals surface area contributed by atoms with E-state index < -0.39 is 0 Å². The Kier molecular flexibility index (Phi) is 5.58. The van der Waals surface area contributed by atoms with Crippen LogP contribution in [0.25, 0.3) is 0 Å². The van der Waals surface area contributed by atoms with Gasteiger partial charge in [-0.3, -0.25) is 4.79 Å². The van der Waals surface area contributed by atoms with E-state index in [-0.39, 0.29) is 5.24 Å². The van der Waals surface area contributed by atoms with Crippen LogP contribution in [0.4, 0.5) is 0 Å². The molecule has 0 unspecified atom stereocenters. The Morgan fingerprint density at radius 1 is 1.53 bits per heavy atom. The molecule has 0 radical (unpaired) electrons. The number of carbonyl (C=O) groups is 1. The Bertz CT molecular complexity index is 328. The van der Waals surface area contributed by atoms with Crippen molar-refractivity contribution in [1.82, 2.24) is 0 Å². The van der Waals surface area contributed by atoms with E-state index in [0.29, 0.717) is 6.42 Å². The maximum atomic E-state index is 10.5. The van der Waals surface area contributed by atoms with E-state index in [1.54, 1.807) is 18.9 Å². The zero-order chi connectivity index (χ0) is 11.1. The van der Waals surface area contributed by atoms with Crippen molar-refractivity contribution in [3.63, 3.8) is 0 Å². The lowest BCUT2D eigenvalue weighted by Crippen LogP contribution is -1.88. The van der Waals surface area contributed by atoms with Gasteiger partial charge in [-0.15, -0.1) is 11.8 Å². The first kappa shape index (κ1) is 12.4. The molecule has 0 aliphatic heterocycles. The van der Waals surface area contributed by atoms with Crippen molar-refractivity contribution in [2.75, 3.05) is 12.9 Å². The maximum Gasteiger partial charge on any atom is 0.221 e. The summed E-state index contributed by atoms with van der Waals surface area (Å²) in [6.45, 7) is 0. The van der Waals surface area contributed by atoms with Crippen molar-refractivity contribution in [3.8, 4) is 5.75 Å². The number of rotatable bonds is 6. The highest BCUT2D eigenvalue weighted by Crippen LogP contribution is 2.23. The number of halogens is 1. The molecule has 0 N–H and O–H groups in total. The Morgan fingerprint density at radius 2 is 2.33 bits per heavy atom. The molecule has 0 aromatic heterocycles. The van der Waals surface area contributed by atoms with E-state index >= 15 is 0 Å². The summed E-state index contributed by atoms with van der Waals surface area (Å²) in [5.74, 6) is 1.75. The number of hydrogen-bond donors (Lipinski definition) is 0. The molecule has 0 amide bonds. The van der Waals surface area contributed by atoms with Crippen LogP contribution in [-0.2, 0) is 4.79 Å². The Labute approximate surface area is 99.0 Å². The molecule has 1 rings (SSSR count). The van der Waals surface area contributed by atoms with Crippen molar-refractivity contribution < 1.29 is 9.53 Å². The van der Waals surface area contributed by atoms with Crippen LogP contribution in [0.1, 0.15) is 12.8 Å². The third kappa shape index (κ3) is 5.09. The SMILES string of the molecule is COc1cccc(SCCCC(=O)Cl)c1. The summed E-state index contributed by atoms with van der Waals surface area (Å²) in [5.41, 5.74) is 0. The zero-order valence-electron chi connectivity index (χ0n) is 8.53. The van der Waals surface area contributed by atoms with Crippen LogP contribution < -0.4 is 4.74 Å². The first-order chi connectivity index (χ1) is 7.22. The van der Waals surface area contributed by atoms with Gasteiger partial charge in [0.15, 0.2) is 0 Å². The molecule has 0 spiro atoms. The molecule has 2 nitrogen and oxygen atoms in total. The molecule has 82 valence electrons. The van der Waals surface area contributed by atoms with Gasteiger partial charge in [0, 0.05) is 11.3 Å². The van der Waals surface area contributed by atoms with Gasteiger partial charge in [0.25, 0.3) is 0 Å². The number of benzene rings is 1. The molecule has 0 bridgehead atoms. The topological polar surface area (TPSA) is 26.3 Å². The largest absolute Gasteiger partial charge is 0.497 e. The fraction of sp³-hybridized carbons (Fsp3) is 0.364. The van der Waals surface area contributed by atoms with Crippen LogP contribution in [0.3, 0.4) is 0 Å². The molecular weight excluding hydrogens is 232 g/mol. The molecule has 0 saturated carbocycles. The van der Waals surface area contributed by atoms with E-state index in [0.717, 1.165) is 22.8 Å². The summed E-state index contributed by atoms with van der Waals surface area (Å²) in [6.07, 6.45) is 1.25. The molecule has 15 heavy (non-hydrogen) atoms. The molecule has 0 saturated heterocycles. The molecule has 0 heterocycles. The van der Waals surface area contributed by atoms with Crippen molar-refractivity contribution >= 4 is 28.6 Å². The third-order valence-electron chi connectivity index (χ3n) is 1.83. The standard InChI is InChI=1S/C11H13ClO2S/c1-14-9-4-2-5-10(8-9)15-7-3-6-11(12)13/h2,4-5,8H,3,6-7H2,1H3. The number of hydrogen-bond acceptors (Lipinski definition) is 3. The second-order valence-corrected chi connectivity index (χ2v) is 4.58. The van der Waals surface area contributed by atoms with Crippen LogP contribution in [0.2, 0.25) is 0 Å². The molecule has 1 aromatic rings. The molecular formula is C11H13ClO2S. The second-order valence-electron chi connectivity index (χ2n) is 2.99. The zero-order valence-corrected chi connectivity index (χ0v) is 10.1. The molecule has 0 aliphatic carbocycles. The molecule has 1 aromatic carbocycles. The van der Waals surface area contributed by atoms with Crippen LogP contribution in [-0.4, -0.2) is 18.1 Å². The monoisotopic (exact) mass is 244 g/mol. The Hall–Kier alpha value is -0.670. The van der Waals surface area contributed by atoms with Gasteiger partial charge in [-0.1, -0.05) is 6.07 Å². The lowest BCUT2D eigenvalue weighted by Gasteiger charge is -2.03. The average molecular weight is 245 g/mol. The Morgan fingerprint density at radius 3 is 3.00 bits per heavy atom. The van der Waals surface area contributed by atoms with Gasteiger partial charge in [0.2, 0.25) is 5.24 Å². The summed E-state index contributed by atoms with van der Waals surface area (Å²) in [5, 5.41) is -0.263. The molecule has 0 atom stereocenters. The number of carbonyl (C=O) groups excluding carboxylic acids is 1. The fourth-order valence-corrected chi connectivity index (χ4v) is 2.12. The van der Waals surface area contributed by atoms with Crippen molar-refractivity contribution in [2.24, 2.45) is 0 Å². The van der Waals surface area contributed by atoms with Crippen LogP contribution in [0.15, 0.2) is 29.2 Å². The summed E-state index contributed by atoms with van der Waals surface area (Å²) in [6, 6.07) is 7.86. The van der Waals surface area contributed by atoms with Crippen molar-refractivity contribution in [2.45, 2.75) is 17.7 Å². The van der Waals surface area contributed by atoms with Gasteiger partial charge in [-0.05, 0) is 42.0 Å². The van der Waals surface area contributed by atoms with E-state index in [9.17, 15) is 4.79 Å². The third-order valence-corrected chi connectivity index (χ3v) is 3.10. The smallest absolute Gasteiger partial charge is 0.221 e. The highest BCUT2D eigenvalue weighted by molar-refractivity contribution is 7.99. The van der Waals surface area contributed by atoms with Gasteiger partial charge >= 0.3 is 0 Å². The predicted octanol–water partition coefficient (Wildman–Crippen LogP) is 3.33. The maximum absolute atomic E-state index is 10.5. The molecule has 4 heteroatoms. The fourth-order valence-electron chi connectivity index (χ4n) is 1.09. The summed E-state index contributed by atoms with van der Waals surface area (Å²) < 4.78 is 5.11. The Balaban J connectivity index is 2.33. The highest BCUT2D eigenvalue weighted by atomic mass is 35.5. The summed E-state index contributed by atoms with van der Waals surface area (Å²) in [4.78, 5) is 11.6. The van der Waals surface area contributed by atoms with E-state index in [1.165, 1.54) is 0 Å². The van der Waals surface area contributed by atoms with Gasteiger partial charge in [0.1, 0.15) is 5.75 Å². The van der Waals surface area contributed by atoms with Crippen molar-refractivity contribution in [3.05, 3.63) is 24.3 Å². The quantitative estimate of drug-likeness (QED) is 0.436. The summed E-state index contributed by atoms with van der Waals surface area (Å²) in [7, 11) is 1.65. The van der Waals surface area contributed by atoms with Gasteiger partial charge in [0.05, 0.1) is 7.11 Å². The van der Waals surface area contributed by atoms with Crippen LogP contribution in [0.5, 0.6) is 5.75 Å². The average Bonchev–Trinajstić information content (AvgIpc) is 2.24. The normalized spacial score (nSPS) is 10.0. The first-order valence-corrected chi connectivity index (χ1v) is 6.04. The predicted molar refractivity (Wildman–Crippen MR) is 63.8 cm³/mol. The van der Waals surface area contributed by atoms with E-state index in [4.69, 9.17) is 16.3 Å². The summed E-state index contributed by atoms with van der Waals surface area (Å²) >= 11 is 6.94. The van der Waals surface area contributed by atoms with Gasteiger partial charge in [-0.2, -0.15) is 0 Å². The van der Waals surface area contributed by atoms with Crippen LogP contribution in [0, 0.1) is 0 Å². The van der Waals surface area contributed by atoms with Gasteiger partial charge < -0.3 is 4.74 Å². The number of ether oxygens (including phenoxy) is 1. The number of thioether (sulfide) groups is 1.